The molecule has 2 rings (SSSR count). The quantitative estimate of drug-likeness (QED) is 0.835. The Bertz CT molecular complexity index is 790. The lowest BCUT2D eigenvalue weighted by Crippen LogP contribution is -2.13. The molecule has 0 saturated carbocycles. The fraction of sp³-hybridized carbons (Fsp3) is 0. The maximum absolute atomic E-state index is 12.2. The Labute approximate surface area is 134 Å². The molecular weight excluding hydrogens is 382 g/mol. The van der Waals surface area contributed by atoms with E-state index in [9.17, 15) is 13.2 Å². The number of anilines is 1. The summed E-state index contributed by atoms with van der Waals surface area (Å²) in [6.07, 6.45) is 0. The van der Waals surface area contributed by atoms with Crippen LogP contribution in [0.3, 0.4) is 0 Å². The zero-order valence-electron chi connectivity index (χ0n) is 10.4. The summed E-state index contributed by atoms with van der Waals surface area (Å²) in [7, 11) is -3.80. The molecule has 0 atom stereocenters. The maximum atomic E-state index is 12.2. The minimum Gasteiger partial charge on any atom is -0.478 e. The molecule has 0 amide bonds. The van der Waals surface area contributed by atoms with Crippen molar-refractivity contribution in [2.75, 3.05) is 4.72 Å². The molecule has 5 nitrogen and oxygen atoms in total. The van der Waals surface area contributed by atoms with Crippen molar-refractivity contribution in [2.24, 2.45) is 0 Å². The number of benzene rings is 2. The molecule has 2 N–H and O–H groups in total. The normalized spacial score (nSPS) is 11.1. The largest absolute Gasteiger partial charge is 0.478 e. The van der Waals surface area contributed by atoms with Gasteiger partial charge in [-0.1, -0.05) is 11.6 Å². The molecule has 0 bridgehead atoms. The van der Waals surface area contributed by atoms with E-state index in [0.717, 1.165) is 0 Å². The summed E-state index contributed by atoms with van der Waals surface area (Å²) in [4.78, 5) is 10.7. The van der Waals surface area contributed by atoms with E-state index in [2.05, 4.69) is 20.7 Å². The van der Waals surface area contributed by atoms with E-state index in [4.69, 9.17) is 16.7 Å². The van der Waals surface area contributed by atoms with Crippen molar-refractivity contribution in [3.05, 3.63) is 57.5 Å². The highest BCUT2D eigenvalue weighted by Gasteiger charge is 2.15. The van der Waals surface area contributed by atoms with Gasteiger partial charge in [-0.25, -0.2) is 13.2 Å². The van der Waals surface area contributed by atoms with E-state index in [1.807, 2.05) is 0 Å². The summed E-state index contributed by atoms with van der Waals surface area (Å²) in [5, 5.41) is 9.16. The lowest BCUT2D eigenvalue weighted by molar-refractivity contribution is 0.0697. The van der Waals surface area contributed by atoms with Crippen LogP contribution in [0.15, 0.2) is 51.8 Å². The van der Waals surface area contributed by atoms with Crippen LogP contribution in [-0.2, 0) is 10.0 Å². The average Bonchev–Trinajstić information content (AvgIpc) is 2.43. The molecule has 0 heterocycles. The standard InChI is InChI=1S/C13H9BrClNO4S/c14-11-6-3-9(7-12(11)15)16-21(19,20)10-4-1-8(2-5-10)13(17)18/h1-7,16H,(H,17,18). The molecule has 8 heteroatoms. The van der Waals surface area contributed by atoms with Crippen molar-refractivity contribution < 1.29 is 18.3 Å². The monoisotopic (exact) mass is 389 g/mol. The Balaban J connectivity index is 2.29. The summed E-state index contributed by atoms with van der Waals surface area (Å²) >= 11 is 9.11. The van der Waals surface area contributed by atoms with E-state index in [1.54, 1.807) is 12.1 Å². The first-order valence-electron chi connectivity index (χ1n) is 5.61. The van der Waals surface area contributed by atoms with Crippen LogP contribution in [0.1, 0.15) is 10.4 Å². The van der Waals surface area contributed by atoms with Crippen LogP contribution in [0.2, 0.25) is 5.02 Å². The molecule has 110 valence electrons. The van der Waals surface area contributed by atoms with Gasteiger partial charge in [0.2, 0.25) is 0 Å². The number of sulfonamides is 1. The molecule has 0 aliphatic rings. The van der Waals surface area contributed by atoms with Crippen molar-refractivity contribution >= 4 is 49.2 Å². The van der Waals surface area contributed by atoms with Crippen molar-refractivity contribution in [1.29, 1.82) is 0 Å². The van der Waals surface area contributed by atoms with Gasteiger partial charge in [0.15, 0.2) is 0 Å². The molecule has 2 aromatic carbocycles. The highest BCUT2D eigenvalue weighted by Crippen LogP contribution is 2.26. The van der Waals surface area contributed by atoms with Crippen LogP contribution in [0.25, 0.3) is 0 Å². The number of aromatic carboxylic acids is 1. The van der Waals surface area contributed by atoms with Gasteiger partial charge in [-0.3, -0.25) is 4.72 Å². The Kier molecular flexibility index (Phi) is 4.55. The third-order valence-corrected chi connectivity index (χ3v) is 5.21. The van der Waals surface area contributed by atoms with Gasteiger partial charge < -0.3 is 5.11 Å². The third kappa shape index (κ3) is 3.75. The van der Waals surface area contributed by atoms with Crippen molar-refractivity contribution in [3.8, 4) is 0 Å². The number of hydrogen-bond donors (Lipinski definition) is 2. The predicted molar refractivity (Wildman–Crippen MR) is 83.4 cm³/mol. The van der Waals surface area contributed by atoms with Crippen LogP contribution in [0, 0.1) is 0 Å². The Morgan fingerprint density at radius 2 is 1.76 bits per heavy atom. The first-order chi connectivity index (χ1) is 9.79. The van der Waals surface area contributed by atoms with Gasteiger partial charge in [0, 0.05) is 4.47 Å². The number of carboxylic acid groups (broad SMARTS) is 1. The number of carbonyl (C=O) groups is 1. The molecule has 0 spiro atoms. The van der Waals surface area contributed by atoms with Gasteiger partial charge in [-0.05, 0) is 58.4 Å². The second-order valence-corrected chi connectivity index (χ2v) is 7.01. The summed E-state index contributed by atoms with van der Waals surface area (Å²) in [6.45, 7) is 0. The van der Waals surface area contributed by atoms with Gasteiger partial charge in [0.25, 0.3) is 10.0 Å². The number of rotatable bonds is 4. The summed E-state index contributed by atoms with van der Waals surface area (Å²) < 4.78 is 27.4. The number of halogens is 2. The molecule has 0 saturated heterocycles. The highest BCUT2D eigenvalue weighted by molar-refractivity contribution is 9.10. The van der Waals surface area contributed by atoms with E-state index in [-0.39, 0.29) is 10.5 Å². The minimum absolute atomic E-state index is 0.0145. The topological polar surface area (TPSA) is 83.5 Å². The number of hydrogen-bond acceptors (Lipinski definition) is 3. The third-order valence-electron chi connectivity index (χ3n) is 2.58. The lowest BCUT2D eigenvalue weighted by atomic mass is 10.2. The van der Waals surface area contributed by atoms with Crippen LogP contribution in [-0.4, -0.2) is 19.5 Å². The predicted octanol–water partition coefficient (Wildman–Crippen LogP) is 3.60. The summed E-state index contributed by atoms with van der Waals surface area (Å²) in [6, 6.07) is 9.55. The van der Waals surface area contributed by atoms with Crippen LogP contribution >= 0.6 is 27.5 Å². The van der Waals surface area contributed by atoms with Gasteiger partial charge in [-0.15, -0.1) is 0 Å². The molecule has 0 fully saturated rings. The first kappa shape index (κ1) is 15.8. The minimum atomic E-state index is -3.80. The zero-order valence-corrected chi connectivity index (χ0v) is 13.5. The van der Waals surface area contributed by atoms with E-state index in [1.165, 1.54) is 30.3 Å². The smallest absolute Gasteiger partial charge is 0.335 e. The molecular formula is C13H9BrClNO4S. The molecule has 2 aromatic rings. The second kappa shape index (κ2) is 6.05. The number of carboxylic acids is 1. The van der Waals surface area contributed by atoms with E-state index < -0.39 is 16.0 Å². The Morgan fingerprint density at radius 3 is 2.29 bits per heavy atom. The molecule has 0 aromatic heterocycles. The molecule has 21 heavy (non-hydrogen) atoms. The molecule has 0 aliphatic heterocycles. The first-order valence-corrected chi connectivity index (χ1v) is 8.26. The zero-order chi connectivity index (χ0) is 15.6. The molecule has 0 radical (unpaired) electrons. The van der Waals surface area contributed by atoms with Crippen molar-refractivity contribution in [2.45, 2.75) is 4.90 Å². The highest BCUT2D eigenvalue weighted by atomic mass is 79.9. The Morgan fingerprint density at radius 1 is 1.14 bits per heavy atom. The van der Waals surface area contributed by atoms with E-state index >= 15 is 0 Å². The molecule has 0 aliphatic carbocycles. The SMILES string of the molecule is O=C(O)c1ccc(S(=O)(=O)Nc2ccc(Br)c(Cl)c2)cc1. The maximum Gasteiger partial charge on any atom is 0.335 e. The van der Waals surface area contributed by atoms with Crippen LogP contribution in [0.5, 0.6) is 0 Å². The number of nitrogens with one attached hydrogen (secondary N) is 1. The Hall–Kier alpha value is -1.57. The van der Waals surface area contributed by atoms with Crippen molar-refractivity contribution in [1.82, 2.24) is 0 Å². The summed E-state index contributed by atoms with van der Waals surface area (Å²) in [5.41, 5.74) is 0.325. The summed E-state index contributed by atoms with van der Waals surface area (Å²) in [5.74, 6) is -1.12. The fourth-order valence-electron chi connectivity index (χ4n) is 1.55. The average molecular weight is 391 g/mol. The van der Waals surface area contributed by atoms with Gasteiger partial charge in [0.05, 0.1) is 21.2 Å². The van der Waals surface area contributed by atoms with E-state index in [0.29, 0.717) is 15.2 Å². The van der Waals surface area contributed by atoms with Gasteiger partial charge >= 0.3 is 5.97 Å². The fourth-order valence-corrected chi connectivity index (χ4v) is 3.03. The lowest BCUT2D eigenvalue weighted by Gasteiger charge is -2.09. The van der Waals surface area contributed by atoms with Gasteiger partial charge in [0.1, 0.15) is 0 Å². The van der Waals surface area contributed by atoms with Crippen molar-refractivity contribution in [3.63, 3.8) is 0 Å². The second-order valence-electron chi connectivity index (χ2n) is 4.06. The van der Waals surface area contributed by atoms with Crippen LogP contribution < -0.4 is 4.72 Å². The van der Waals surface area contributed by atoms with Gasteiger partial charge in [-0.2, -0.15) is 0 Å². The molecule has 0 unspecified atom stereocenters. The van der Waals surface area contributed by atoms with Crippen LogP contribution in [0.4, 0.5) is 5.69 Å².